The van der Waals surface area contributed by atoms with Crippen LogP contribution in [0.5, 0.6) is 0 Å². The van der Waals surface area contributed by atoms with Crippen molar-refractivity contribution >= 4 is 0 Å². The van der Waals surface area contributed by atoms with Crippen LogP contribution in [0.2, 0.25) is 0 Å². The van der Waals surface area contributed by atoms with Crippen LogP contribution in [0.15, 0.2) is 36.8 Å². The summed E-state index contributed by atoms with van der Waals surface area (Å²) in [6, 6.07) is 7.61. The van der Waals surface area contributed by atoms with Gasteiger partial charge in [0.15, 0.2) is 0 Å². The molecule has 4 heteroatoms. The Morgan fingerprint density at radius 3 is 2.62 bits per heavy atom. The molecule has 0 bridgehead atoms. The van der Waals surface area contributed by atoms with Gasteiger partial charge in [0.2, 0.25) is 0 Å². The summed E-state index contributed by atoms with van der Waals surface area (Å²) >= 11 is 0. The molecule has 1 unspecified atom stereocenters. The van der Waals surface area contributed by atoms with Gasteiger partial charge in [-0.05, 0) is 24.6 Å². The molecular formula is C12H15N3O. The third kappa shape index (κ3) is 1.98. The Hall–Kier alpha value is -1.65. The molecule has 84 valence electrons. The van der Waals surface area contributed by atoms with E-state index >= 15 is 0 Å². The number of nitrogens with zero attached hydrogens (tertiary/aromatic N) is 2. The van der Waals surface area contributed by atoms with Crippen LogP contribution >= 0.6 is 0 Å². The van der Waals surface area contributed by atoms with E-state index in [1.807, 2.05) is 35.8 Å². The molecule has 2 rings (SSSR count). The van der Waals surface area contributed by atoms with Crippen LogP contribution in [0.1, 0.15) is 24.2 Å². The highest BCUT2D eigenvalue weighted by Gasteiger charge is 2.07. The van der Waals surface area contributed by atoms with Crippen LogP contribution in [0.3, 0.4) is 0 Å². The number of imidazole rings is 1. The summed E-state index contributed by atoms with van der Waals surface area (Å²) in [5, 5.41) is 8.96. The first-order valence-corrected chi connectivity index (χ1v) is 5.20. The van der Waals surface area contributed by atoms with Crippen molar-refractivity contribution in [2.45, 2.75) is 19.6 Å². The maximum atomic E-state index is 8.96. The molecule has 0 fully saturated rings. The first-order valence-electron chi connectivity index (χ1n) is 5.20. The van der Waals surface area contributed by atoms with Gasteiger partial charge >= 0.3 is 0 Å². The quantitative estimate of drug-likeness (QED) is 0.816. The summed E-state index contributed by atoms with van der Waals surface area (Å²) in [4.78, 5) is 4.10. The number of aliphatic hydroxyl groups excluding tert-OH is 1. The number of nitrogens with two attached hydrogens (primary N) is 1. The summed E-state index contributed by atoms with van der Waals surface area (Å²) in [6.45, 7) is 1.99. The van der Waals surface area contributed by atoms with Gasteiger partial charge in [0.25, 0.3) is 0 Å². The Morgan fingerprint density at radius 1 is 1.38 bits per heavy atom. The zero-order chi connectivity index (χ0) is 11.5. The molecule has 0 aliphatic heterocycles. The average Bonchev–Trinajstić information content (AvgIpc) is 2.78. The molecule has 16 heavy (non-hydrogen) atoms. The van der Waals surface area contributed by atoms with Crippen LogP contribution in [0.25, 0.3) is 5.69 Å². The van der Waals surface area contributed by atoms with Crippen LogP contribution in [0, 0.1) is 0 Å². The predicted molar refractivity (Wildman–Crippen MR) is 62.1 cm³/mol. The minimum absolute atomic E-state index is 0.0555. The van der Waals surface area contributed by atoms with Crippen molar-refractivity contribution in [1.29, 1.82) is 0 Å². The van der Waals surface area contributed by atoms with Gasteiger partial charge in [-0.15, -0.1) is 0 Å². The molecule has 0 amide bonds. The summed E-state index contributed by atoms with van der Waals surface area (Å²) in [6.07, 6.45) is 3.51. The lowest BCUT2D eigenvalue weighted by molar-refractivity contribution is 0.282. The molecule has 0 spiro atoms. The second-order valence-electron chi connectivity index (χ2n) is 3.80. The molecule has 0 saturated carbocycles. The Labute approximate surface area is 94.4 Å². The minimum Gasteiger partial charge on any atom is -0.392 e. The minimum atomic E-state index is -0.0555. The van der Waals surface area contributed by atoms with Gasteiger partial charge in [-0.2, -0.15) is 0 Å². The molecule has 0 aliphatic carbocycles. The fourth-order valence-corrected chi connectivity index (χ4v) is 1.62. The topological polar surface area (TPSA) is 64.1 Å². The number of benzene rings is 1. The van der Waals surface area contributed by atoms with Gasteiger partial charge in [0.1, 0.15) is 0 Å². The van der Waals surface area contributed by atoms with E-state index in [0.29, 0.717) is 0 Å². The molecule has 1 heterocycles. The molecule has 1 aromatic heterocycles. The van der Waals surface area contributed by atoms with E-state index in [0.717, 1.165) is 16.9 Å². The standard InChI is InChI=1S/C12H15N3O/c1-9(13)12-6-14-8-15(12)11-4-2-10(7-16)3-5-11/h2-6,8-9,16H,7,13H2,1H3. The number of hydrogen-bond donors (Lipinski definition) is 2. The molecule has 0 saturated heterocycles. The fraction of sp³-hybridized carbons (Fsp3) is 0.250. The third-order valence-corrected chi connectivity index (χ3v) is 2.53. The second kappa shape index (κ2) is 4.47. The second-order valence-corrected chi connectivity index (χ2v) is 3.80. The van der Waals surface area contributed by atoms with Crippen molar-refractivity contribution in [1.82, 2.24) is 9.55 Å². The van der Waals surface area contributed by atoms with Gasteiger partial charge in [0.05, 0.1) is 24.8 Å². The normalized spacial score (nSPS) is 12.7. The highest BCUT2D eigenvalue weighted by atomic mass is 16.3. The number of rotatable bonds is 3. The van der Waals surface area contributed by atoms with Gasteiger partial charge < -0.3 is 15.4 Å². The highest BCUT2D eigenvalue weighted by molar-refractivity contribution is 5.36. The molecule has 1 atom stereocenters. The van der Waals surface area contributed by atoms with Gasteiger partial charge in [0, 0.05) is 11.7 Å². The Balaban J connectivity index is 2.38. The molecule has 0 aliphatic rings. The van der Waals surface area contributed by atoms with Crippen molar-refractivity contribution < 1.29 is 5.11 Å². The summed E-state index contributed by atoms with van der Waals surface area (Å²) in [5.41, 5.74) is 8.72. The zero-order valence-electron chi connectivity index (χ0n) is 9.17. The van der Waals surface area contributed by atoms with Gasteiger partial charge in [-0.1, -0.05) is 12.1 Å². The molecule has 2 aromatic rings. The van der Waals surface area contributed by atoms with Crippen LogP contribution in [-0.2, 0) is 6.61 Å². The Kier molecular flexibility index (Phi) is 3.03. The van der Waals surface area contributed by atoms with Crippen LogP contribution < -0.4 is 5.73 Å². The first kappa shape index (κ1) is 10.9. The van der Waals surface area contributed by atoms with E-state index in [-0.39, 0.29) is 12.6 Å². The predicted octanol–water partition coefficient (Wildman–Crippen LogP) is 1.38. The monoisotopic (exact) mass is 217 g/mol. The van der Waals surface area contributed by atoms with Crippen molar-refractivity contribution in [3.05, 3.63) is 48.0 Å². The van der Waals surface area contributed by atoms with Crippen molar-refractivity contribution in [3.63, 3.8) is 0 Å². The molecular weight excluding hydrogens is 202 g/mol. The van der Waals surface area contributed by atoms with Crippen molar-refractivity contribution in [3.8, 4) is 5.69 Å². The Bertz CT molecular complexity index is 459. The zero-order valence-corrected chi connectivity index (χ0v) is 9.17. The van der Waals surface area contributed by atoms with E-state index in [2.05, 4.69) is 4.98 Å². The van der Waals surface area contributed by atoms with Gasteiger partial charge in [-0.3, -0.25) is 0 Å². The van der Waals surface area contributed by atoms with Crippen molar-refractivity contribution in [2.75, 3.05) is 0 Å². The maximum Gasteiger partial charge on any atom is 0.0994 e. The van der Waals surface area contributed by atoms with E-state index in [1.165, 1.54) is 0 Å². The van der Waals surface area contributed by atoms with Crippen molar-refractivity contribution in [2.24, 2.45) is 5.73 Å². The lowest BCUT2D eigenvalue weighted by Crippen LogP contribution is -2.10. The largest absolute Gasteiger partial charge is 0.392 e. The molecule has 0 radical (unpaired) electrons. The number of aliphatic hydroxyl groups is 1. The van der Waals surface area contributed by atoms with Crippen LogP contribution in [0.4, 0.5) is 0 Å². The third-order valence-electron chi connectivity index (χ3n) is 2.53. The molecule has 3 N–H and O–H groups in total. The molecule has 1 aromatic carbocycles. The first-order chi connectivity index (χ1) is 7.72. The summed E-state index contributed by atoms with van der Waals surface area (Å²) in [5.74, 6) is 0. The SMILES string of the molecule is CC(N)c1cncn1-c1ccc(CO)cc1. The summed E-state index contributed by atoms with van der Waals surface area (Å²) in [7, 11) is 0. The number of aromatic nitrogens is 2. The smallest absolute Gasteiger partial charge is 0.0994 e. The van der Waals surface area contributed by atoms with E-state index in [1.54, 1.807) is 12.5 Å². The highest BCUT2D eigenvalue weighted by Crippen LogP contribution is 2.16. The summed E-state index contributed by atoms with van der Waals surface area (Å²) < 4.78 is 1.95. The lowest BCUT2D eigenvalue weighted by Gasteiger charge is -2.10. The van der Waals surface area contributed by atoms with E-state index < -0.39 is 0 Å². The van der Waals surface area contributed by atoms with Gasteiger partial charge in [-0.25, -0.2) is 4.98 Å². The molecule has 4 nitrogen and oxygen atoms in total. The van der Waals surface area contributed by atoms with E-state index in [4.69, 9.17) is 10.8 Å². The number of hydrogen-bond acceptors (Lipinski definition) is 3. The Morgan fingerprint density at radius 2 is 2.06 bits per heavy atom. The van der Waals surface area contributed by atoms with Crippen LogP contribution in [-0.4, -0.2) is 14.7 Å². The average molecular weight is 217 g/mol. The van der Waals surface area contributed by atoms with E-state index in [9.17, 15) is 0 Å². The fourth-order valence-electron chi connectivity index (χ4n) is 1.62. The maximum absolute atomic E-state index is 8.96. The lowest BCUT2D eigenvalue weighted by atomic mass is 10.2.